The number of hydrogen-bond donors (Lipinski definition) is 3. The van der Waals surface area contributed by atoms with Gasteiger partial charge in [0.15, 0.2) is 0 Å². The smallest absolute Gasteiger partial charge is 0.323 e. The van der Waals surface area contributed by atoms with Crippen LogP contribution in [0.15, 0.2) is 49.1 Å². The number of aliphatic imine (C=N–C) groups is 1. The van der Waals surface area contributed by atoms with Crippen LogP contribution in [0.25, 0.3) is 11.0 Å². The molecule has 3 rings (SSSR count). The number of nitrogens with one attached hydrogen (secondary N) is 2. The molecule has 3 aromatic rings. The minimum Gasteiger partial charge on any atom is -0.506 e. The van der Waals surface area contributed by atoms with Gasteiger partial charge < -0.3 is 15.1 Å². The largest absolute Gasteiger partial charge is 0.506 e. The summed E-state index contributed by atoms with van der Waals surface area (Å²) in [6, 6.07) is 8.92. The fraction of sp³-hybridized carbons (Fsp3) is 0. The number of phenolic OH excluding ortho intramolecular Hbond substituents is 1. The highest BCUT2D eigenvalue weighted by Gasteiger charge is 2.04. The first-order chi connectivity index (χ1) is 10.0. The maximum absolute atomic E-state index is 11.2. The van der Waals surface area contributed by atoms with E-state index in [0.717, 1.165) is 16.8 Å². The molecule has 0 saturated heterocycles. The molecule has 5 nitrogen and oxygen atoms in total. The Kier molecular flexibility index (Phi) is 3.69. The Hall–Kier alpha value is -1.86. The van der Waals surface area contributed by atoms with Crippen LogP contribution in [-0.4, -0.2) is 21.3 Å². The van der Waals surface area contributed by atoms with Gasteiger partial charge in [-0.05, 0) is 67.8 Å². The summed E-state index contributed by atoms with van der Waals surface area (Å²) < 4.78 is 1.17. The number of H-pyrrole nitrogens is 2. The number of aromatic amines is 2. The maximum Gasteiger partial charge on any atom is 0.323 e. The second-order valence-corrected chi connectivity index (χ2v) is 6.11. The second kappa shape index (κ2) is 5.50. The van der Waals surface area contributed by atoms with E-state index >= 15 is 0 Å². The van der Waals surface area contributed by atoms with Gasteiger partial charge in [-0.2, -0.15) is 0 Å². The Bertz CT molecular complexity index is 889. The topological polar surface area (TPSA) is 81.2 Å². The Balaban J connectivity index is 1.95. The SMILES string of the molecule is O=c1[nH]c2ccc(N=Cc3cc(Br)c(O)c(Br)c3)cc2[nH]1. The van der Waals surface area contributed by atoms with Crippen LogP contribution in [-0.2, 0) is 0 Å². The molecule has 0 amide bonds. The zero-order valence-electron chi connectivity index (χ0n) is 10.5. The van der Waals surface area contributed by atoms with Crippen LogP contribution in [0.5, 0.6) is 5.75 Å². The minimum absolute atomic E-state index is 0.151. The fourth-order valence-corrected chi connectivity index (χ4v) is 3.13. The number of halogens is 2. The van der Waals surface area contributed by atoms with Crippen molar-refractivity contribution in [2.45, 2.75) is 0 Å². The Morgan fingerprint density at radius 1 is 1.05 bits per heavy atom. The Labute approximate surface area is 136 Å². The molecule has 0 fully saturated rings. The van der Waals surface area contributed by atoms with E-state index in [1.807, 2.05) is 6.07 Å². The van der Waals surface area contributed by atoms with Crippen molar-refractivity contribution in [3.05, 3.63) is 55.3 Å². The van der Waals surface area contributed by atoms with E-state index in [2.05, 4.69) is 46.8 Å². The van der Waals surface area contributed by atoms with Gasteiger partial charge in [-0.25, -0.2) is 4.79 Å². The maximum atomic E-state index is 11.2. The molecule has 0 radical (unpaired) electrons. The predicted molar refractivity (Wildman–Crippen MR) is 89.7 cm³/mol. The standard InChI is InChI=1S/C14H9Br2N3O2/c15-9-3-7(4-10(16)13(9)20)6-17-8-1-2-11-12(5-8)19-14(21)18-11/h1-6,20H,(H2,18,19,21). The average Bonchev–Trinajstić information content (AvgIpc) is 2.81. The van der Waals surface area contributed by atoms with Crippen molar-refractivity contribution in [1.29, 1.82) is 0 Å². The van der Waals surface area contributed by atoms with Crippen molar-refractivity contribution in [2.24, 2.45) is 4.99 Å². The van der Waals surface area contributed by atoms with Crippen LogP contribution in [0.2, 0.25) is 0 Å². The number of aromatic nitrogens is 2. The summed E-state index contributed by atoms with van der Waals surface area (Å²) in [5, 5.41) is 9.66. The zero-order chi connectivity index (χ0) is 15.0. The summed E-state index contributed by atoms with van der Waals surface area (Å²) in [7, 11) is 0. The van der Waals surface area contributed by atoms with E-state index in [9.17, 15) is 9.90 Å². The molecule has 3 N–H and O–H groups in total. The van der Waals surface area contributed by atoms with Crippen LogP contribution in [0.1, 0.15) is 5.56 Å². The second-order valence-electron chi connectivity index (χ2n) is 4.40. The molecule has 7 heteroatoms. The number of imidazole rings is 1. The first-order valence-corrected chi connectivity index (χ1v) is 7.55. The molecule has 0 aliphatic heterocycles. The molecule has 0 bridgehead atoms. The monoisotopic (exact) mass is 409 g/mol. The van der Waals surface area contributed by atoms with E-state index in [0.29, 0.717) is 14.5 Å². The van der Waals surface area contributed by atoms with Crippen molar-refractivity contribution in [1.82, 2.24) is 9.97 Å². The number of fused-ring (bicyclic) bond motifs is 1. The molecule has 1 heterocycles. The third-order valence-corrected chi connectivity index (χ3v) is 4.11. The molecule has 0 spiro atoms. The number of aromatic hydroxyl groups is 1. The van der Waals surface area contributed by atoms with Gasteiger partial charge in [0.05, 0.1) is 25.7 Å². The molecular weight excluding hydrogens is 402 g/mol. The first-order valence-electron chi connectivity index (χ1n) is 5.97. The van der Waals surface area contributed by atoms with Crippen molar-refractivity contribution < 1.29 is 5.11 Å². The van der Waals surface area contributed by atoms with Crippen LogP contribution in [0, 0.1) is 0 Å². The van der Waals surface area contributed by atoms with Crippen LogP contribution < -0.4 is 5.69 Å². The van der Waals surface area contributed by atoms with Crippen LogP contribution in [0.4, 0.5) is 5.69 Å². The molecule has 106 valence electrons. The molecule has 0 unspecified atom stereocenters. The van der Waals surface area contributed by atoms with Gasteiger partial charge in [-0.3, -0.25) is 4.99 Å². The van der Waals surface area contributed by atoms with E-state index in [-0.39, 0.29) is 11.4 Å². The van der Waals surface area contributed by atoms with Gasteiger partial charge in [0.2, 0.25) is 0 Å². The number of benzene rings is 2. The van der Waals surface area contributed by atoms with E-state index < -0.39 is 0 Å². The quantitative estimate of drug-likeness (QED) is 0.561. The summed E-state index contributed by atoms with van der Waals surface area (Å²) >= 11 is 6.55. The van der Waals surface area contributed by atoms with Crippen molar-refractivity contribution in [2.75, 3.05) is 0 Å². The summed E-state index contributed by atoms with van der Waals surface area (Å²) in [6.07, 6.45) is 1.68. The molecular formula is C14H9Br2N3O2. The molecule has 1 aromatic heterocycles. The van der Waals surface area contributed by atoms with Crippen molar-refractivity contribution in [3.63, 3.8) is 0 Å². The van der Waals surface area contributed by atoms with Gasteiger partial charge in [0.25, 0.3) is 0 Å². The molecule has 21 heavy (non-hydrogen) atoms. The molecule has 0 aliphatic rings. The summed E-state index contributed by atoms with van der Waals surface area (Å²) in [4.78, 5) is 20.9. The van der Waals surface area contributed by atoms with Crippen molar-refractivity contribution in [3.8, 4) is 5.75 Å². The average molecular weight is 411 g/mol. The minimum atomic E-state index is -0.238. The van der Waals surface area contributed by atoms with Gasteiger partial charge in [0, 0.05) is 6.21 Å². The lowest BCUT2D eigenvalue weighted by Gasteiger charge is -2.02. The van der Waals surface area contributed by atoms with Gasteiger partial charge >= 0.3 is 5.69 Å². The molecule has 2 aromatic carbocycles. The highest BCUT2D eigenvalue weighted by Crippen LogP contribution is 2.33. The third-order valence-electron chi connectivity index (χ3n) is 2.90. The first kappa shape index (κ1) is 14.1. The molecule has 0 aliphatic carbocycles. The number of rotatable bonds is 2. The van der Waals surface area contributed by atoms with Crippen LogP contribution >= 0.6 is 31.9 Å². The van der Waals surface area contributed by atoms with E-state index in [1.165, 1.54) is 0 Å². The lowest BCUT2D eigenvalue weighted by molar-refractivity contribution is 0.468. The Morgan fingerprint density at radius 3 is 2.43 bits per heavy atom. The van der Waals surface area contributed by atoms with Gasteiger partial charge in [0.1, 0.15) is 5.75 Å². The lowest BCUT2D eigenvalue weighted by atomic mass is 10.2. The lowest BCUT2D eigenvalue weighted by Crippen LogP contribution is -1.99. The fourth-order valence-electron chi connectivity index (χ4n) is 1.91. The number of phenols is 1. The predicted octanol–water partition coefficient (Wildman–Crippen LogP) is 3.84. The number of hydrogen-bond acceptors (Lipinski definition) is 3. The highest BCUT2D eigenvalue weighted by molar-refractivity contribution is 9.11. The number of nitrogens with zero attached hydrogens (tertiary/aromatic N) is 1. The molecule has 0 saturated carbocycles. The van der Waals surface area contributed by atoms with Crippen molar-refractivity contribution >= 4 is 54.8 Å². The third kappa shape index (κ3) is 2.93. The summed E-state index contributed by atoms with van der Waals surface area (Å²) in [5.41, 5.74) is 2.77. The highest BCUT2D eigenvalue weighted by atomic mass is 79.9. The van der Waals surface area contributed by atoms with E-state index in [1.54, 1.807) is 30.5 Å². The zero-order valence-corrected chi connectivity index (χ0v) is 13.7. The van der Waals surface area contributed by atoms with Gasteiger partial charge in [-0.15, -0.1) is 0 Å². The van der Waals surface area contributed by atoms with Crippen LogP contribution in [0.3, 0.4) is 0 Å². The normalized spacial score (nSPS) is 11.5. The molecule has 0 atom stereocenters. The van der Waals surface area contributed by atoms with Gasteiger partial charge in [-0.1, -0.05) is 0 Å². The Morgan fingerprint density at radius 2 is 1.71 bits per heavy atom. The summed E-state index contributed by atoms with van der Waals surface area (Å²) in [5.74, 6) is 0.151. The summed E-state index contributed by atoms with van der Waals surface area (Å²) in [6.45, 7) is 0. The van der Waals surface area contributed by atoms with E-state index in [4.69, 9.17) is 0 Å².